The van der Waals surface area contributed by atoms with Crippen molar-refractivity contribution in [1.82, 2.24) is 10.2 Å². The number of anilines is 2. The number of carbonyl (C=O) groups excluding carboxylic acids is 3. The average molecular weight is 654 g/mol. The summed E-state index contributed by atoms with van der Waals surface area (Å²) in [5.41, 5.74) is 4.00. The Morgan fingerprint density at radius 2 is 1.72 bits per heavy atom. The predicted octanol–water partition coefficient (Wildman–Crippen LogP) is 5.87. The van der Waals surface area contributed by atoms with E-state index in [0.717, 1.165) is 35.6 Å². The van der Waals surface area contributed by atoms with E-state index in [9.17, 15) is 14.4 Å². The van der Waals surface area contributed by atoms with Crippen molar-refractivity contribution in [2.75, 3.05) is 36.5 Å². The largest absolute Gasteiger partial charge is 0.467 e. The molecule has 0 spiro atoms. The number of morpholine rings is 1. The van der Waals surface area contributed by atoms with Gasteiger partial charge < -0.3 is 29.4 Å². The smallest absolute Gasteiger partial charge is 0.408 e. The van der Waals surface area contributed by atoms with Crippen LogP contribution in [0.2, 0.25) is 0 Å². The Labute approximate surface area is 276 Å². The summed E-state index contributed by atoms with van der Waals surface area (Å²) in [5, 5.41) is 5.39. The second-order valence-electron chi connectivity index (χ2n) is 11.1. The summed E-state index contributed by atoms with van der Waals surface area (Å²) in [7, 11) is 0. The quantitative estimate of drug-likeness (QED) is 0.218. The van der Waals surface area contributed by atoms with E-state index in [4.69, 9.17) is 18.9 Å². The first-order valence-electron chi connectivity index (χ1n) is 15.3. The molecule has 11 nitrogen and oxygen atoms in total. The van der Waals surface area contributed by atoms with Crippen molar-refractivity contribution < 1.29 is 28.3 Å². The first kappa shape index (κ1) is 31.9. The van der Waals surface area contributed by atoms with E-state index in [1.807, 2.05) is 72.8 Å². The Kier molecular flexibility index (Phi) is 10.2. The molecule has 2 unspecified atom stereocenters. The van der Waals surface area contributed by atoms with Crippen LogP contribution in [0.25, 0.3) is 0 Å². The van der Waals surface area contributed by atoms with Crippen LogP contribution in [0.3, 0.4) is 0 Å². The number of rotatable bonds is 10. The fraction of sp³-hybridized carbons (Fsp3) is 0.257. The third kappa shape index (κ3) is 8.21. The SMILES string of the molecule is CC(NC(=O)OCc1ccccc1)C(=O)Nc1ccc(C2S/C(=N\c3ccc(N4CCOCC4)cc3)N(Cc3ccco3)C2=O)cc1. The van der Waals surface area contributed by atoms with E-state index in [1.54, 1.807) is 36.3 Å². The summed E-state index contributed by atoms with van der Waals surface area (Å²) in [6.07, 6.45) is 0.895. The monoisotopic (exact) mass is 653 g/mol. The van der Waals surface area contributed by atoms with Crippen LogP contribution in [-0.4, -0.2) is 60.3 Å². The highest BCUT2D eigenvalue weighted by Crippen LogP contribution is 2.41. The zero-order valence-corrected chi connectivity index (χ0v) is 26.7. The molecule has 2 saturated heterocycles. The molecule has 3 aromatic carbocycles. The number of furan rings is 1. The number of hydrogen-bond donors (Lipinski definition) is 2. The van der Waals surface area contributed by atoms with Gasteiger partial charge in [0.15, 0.2) is 5.17 Å². The molecule has 3 heterocycles. The standard InChI is InChI=1S/C35H35N5O6S/c1-24(36-35(43)46-23-25-6-3-2-4-7-25)32(41)37-27-11-9-26(10-12-27)31-33(42)40(22-30-8-5-19-45-30)34(47-31)38-28-13-15-29(16-14-28)39-17-20-44-21-18-39/h2-16,19,24,31H,17-18,20-23H2,1H3,(H,36,43)(H,37,41)/b38-34-. The maximum absolute atomic E-state index is 13.7. The van der Waals surface area contributed by atoms with Gasteiger partial charge in [0, 0.05) is 24.5 Å². The molecule has 4 aromatic rings. The van der Waals surface area contributed by atoms with Crippen LogP contribution in [0.5, 0.6) is 0 Å². The zero-order chi connectivity index (χ0) is 32.6. The van der Waals surface area contributed by atoms with E-state index >= 15 is 0 Å². The number of benzene rings is 3. The van der Waals surface area contributed by atoms with Gasteiger partial charge in [0.2, 0.25) is 11.8 Å². The third-order valence-electron chi connectivity index (χ3n) is 7.71. The van der Waals surface area contributed by atoms with E-state index < -0.39 is 23.3 Å². The number of nitrogens with one attached hydrogen (secondary N) is 2. The van der Waals surface area contributed by atoms with Crippen LogP contribution in [0, 0.1) is 0 Å². The number of alkyl carbamates (subject to hydrolysis) is 1. The van der Waals surface area contributed by atoms with Gasteiger partial charge in [0.25, 0.3) is 0 Å². The minimum atomic E-state index is -0.832. The van der Waals surface area contributed by atoms with E-state index in [-0.39, 0.29) is 19.1 Å². The lowest BCUT2D eigenvalue weighted by molar-refractivity contribution is -0.126. The molecule has 2 aliphatic heterocycles. The zero-order valence-electron chi connectivity index (χ0n) is 25.8. The molecule has 6 rings (SSSR count). The summed E-state index contributed by atoms with van der Waals surface area (Å²) in [6, 6.07) is 27.1. The first-order chi connectivity index (χ1) is 22.9. The Balaban J connectivity index is 1.10. The minimum Gasteiger partial charge on any atom is -0.467 e. The van der Waals surface area contributed by atoms with E-state index in [0.29, 0.717) is 29.8 Å². The normalized spacial score (nSPS) is 17.9. The number of nitrogens with zero attached hydrogens (tertiary/aromatic N) is 3. The predicted molar refractivity (Wildman–Crippen MR) is 180 cm³/mol. The van der Waals surface area contributed by atoms with Crippen molar-refractivity contribution >= 4 is 51.9 Å². The molecule has 1 aromatic heterocycles. The molecule has 2 atom stereocenters. The fourth-order valence-corrected chi connectivity index (χ4v) is 6.30. The van der Waals surface area contributed by atoms with Crippen LogP contribution in [0.1, 0.15) is 29.1 Å². The molecule has 2 aliphatic rings. The second-order valence-corrected chi connectivity index (χ2v) is 12.1. The Morgan fingerprint density at radius 3 is 2.43 bits per heavy atom. The van der Waals surface area contributed by atoms with Crippen LogP contribution in [-0.2, 0) is 32.2 Å². The number of carbonyl (C=O) groups is 3. The van der Waals surface area contributed by atoms with Gasteiger partial charge in [-0.1, -0.05) is 54.2 Å². The second kappa shape index (κ2) is 15.0. The Bertz CT molecular complexity index is 1690. The van der Waals surface area contributed by atoms with Gasteiger partial charge in [-0.3, -0.25) is 14.5 Å². The molecule has 242 valence electrons. The van der Waals surface area contributed by atoms with Gasteiger partial charge in [-0.05, 0) is 66.6 Å². The average Bonchev–Trinajstić information content (AvgIpc) is 3.73. The van der Waals surface area contributed by atoms with Crippen molar-refractivity contribution in [2.45, 2.75) is 31.4 Å². The minimum absolute atomic E-state index is 0.104. The van der Waals surface area contributed by atoms with Crippen LogP contribution in [0.4, 0.5) is 21.9 Å². The third-order valence-corrected chi connectivity index (χ3v) is 8.94. The lowest BCUT2D eigenvalue weighted by Gasteiger charge is -2.28. The van der Waals surface area contributed by atoms with Crippen LogP contribution >= 0.6 is 11.8 Å². The maximum Gasteiger partial charge on any atom is 0.408 e. The fourth-order valence-electron chi connectivity index (χ4n) is 5.13. The van der Waals surface area contributed by atoms with Crippen LogP contribution in [0.15, 0.2) is 107 Å². The lowest BCUT2D eigenvalue weighted by atomic mass is 10.1. The van der Waals surface area contributed by atoms with Gasteiger partial charge in [0.05, 0.1) is 31.7 Å². The molecule has 12 heteroatoms. The maximum atomic E-state index is 13.7. The van der Waals surface area contributed by atoms with Crippen LogP contribution < -0.4 is 15.5 Å². The molecule has 2 N–H and O–H groups in total. The summed E-state index contributed by atoms with van der Waals surface area (Å²) in [4.78, 5) is 47.5. The van der Waals surface area contributed by atoms with Gasteiger partial charge in [-0.2, -0.15) is 0 Å². The first-order valence-corrected chi connectivity index (χ1v) is 16.2. The molecular weight excluding hydrogens is 618 g/mol. The number of thioether (sulfide) groups is 1. The van der Waals surface area contributed by atoms with Gasteiger partial charge in [-0.25, -0.2) is 9.79 Å². The number of amides is 3. The topological polar surface area (TPSA) is 126 Å². The van der Waals surface area contributed by atoms with Crippen molar-refractivity contribution in [3.8, 4) is 0 Å². The van der Waals surface area contributed by atoms with Crippen molar-refractivity contribution in [2.24, 2.45) is 4.99 Å². The molecule has 2 fully saturated rings. The number of aliphatic imine (C=N–C) groups is 1. The number of ether oxygens (including phenoxy) is 2. The van der Waals surface area contributed by atoms with Gasteiger partial charge in [0.1, 0.15) is 23.7 Å². The van der Waals surface area contributed by atoms with Crippen molar-refractivity contribution in [3.05, 3.63) is 114 Å². The molecule has 0 bridgehead atoms. The highest BCUT2D eigenvalue weighted by molar-refractivity contribution is 8.15. The van der Waals surface area contributed by atoms with E-state index in [1.165, 1.54) is 11.8 Å². The number of amidine groups is 1. The lowest BCUT2D eigenvalue weighted by Crippen LogP contribution is -2.41. The summed E-state index contributed by atoms with van der Waals surface area (Å²) in [6.45, 7) is 5.05. The Hall–Kier alpha value is -5.07. The molecule has 47 heavy (non-hydrogen) atoms. The van der Waals surface area contributed by atoms with Crippen molar-refractivity contribution in [1.29, 1.82) is 0 Å². The summed E-state index contributed by atoms with van der Waals surface area (Å²) < 4.78 is 16.2. The summed E-state index contributed by atoms with van der Waals surface area (Å²) in [5.74, 6) is 0.137. The van der Waals surface area contributed by atoms with Gasteiger partial charge >= 0.3 is 6.09 Å². The highest BCUT2D eigenvalue weighted by Gasteiger charge is 2.39. The molecule has 0 radical (unpaired) electrons. The highest BCUT2D eigenvalue weighted by atomic mass is 32.2. The molecular formula is C35H35N5O6S. The van der Waals surface area contributed by atoms with Crippen molar-refractivity contribution in [3.63, 3.8) is 0 Å². The van der Waals surface area contributed by atoms with Gasteiger partial charge in [-0.15, -0.1) is 0 Å². The van der Waals surface area contributed by atoms with E-state index in [2.05, 4.69) is 15.5 Å². The Morgan fingerprint density at radius 1 is 0.979 bits per heavy atom. The molecule has 3 amide bonds. The molecule has 0 aliphatic carbocycles. The summed E-state index contributed by atoms with van der Waals surface area (Å²) >= 11 is 1.37. The molecule has 0 saturated carbocycles. The number of hydrogen-bond acceptors (Lipinski definition) is 9.